The maximum absolute atomic E-state index is 11.4. The molecule has 1 aromatic rings. The molecule has 1 aromatic heterocycles. The second kappa shape index (κ2) is 4.85. The molecule has 0 spiro atoms. The van der Waals surface area contributed by atoms with E-state index in [2.05, 4.69) is 4.98 Å². The highest BCUT2D eigenvalue weighted by atomic mass is 32.2. The zero-order valence-electron chi connectivity index (χ0n) is 10.6. The van der Waals surface area contributed by atoms with Crippen molar-refractivity contribution in [2.75, 3.05) is 23.5 Å². The summed E-state index contributed by atoms with van der Waals surface area (Å²) in [6.45, 7) is 1.66. The topological polar surface area (TPSA) is 70.5 Å². The van der Waals surface area contributed by atoms with Crippen LogP contribution >= 0.6 is 0 Å². The van der Waals surface area contributed by atoms with Gasteiger partial charge in [-0.05, 0) is 25.5 Å². The van der Waals surface area contributed by atoms with Crippen molar-refractivity contribution in [3.8, 4) is 0 Å². The molecule has 2 heterocycles. The van der Waals surface area contributed by atoms with E-state index in [4.69, 9.17) is 0 Å². The summed E-state index contributed by atoms with van der Waals surface area (Å²) in [6.07, 6.45) is 1.75. The first kappa shape index (κ1) is 13.3. The average molecular weight is 270 g/mol. The molecule has 6 heteroatoms. The van der Waals surface area contributed by atoms with Crippen LogP contribution in [-0.2, 0) is 9.84 Å². The summed E-state index contributed by atoms with van der Waals surface area (Å²) in [7, 11) is -0.993. The van der Waals surface area contributed by atoms with Crippen molar-refractivity contribution in [1.82, 2.24) is 4.98 Å². The molecule has 0 amide bonds. The van der Waals surface area contributed by atoms with E-state index in [9.17, 15) is 13.5 Å². The Morgan fingerprint density at radius 1 is 1.50 bits per heavy atom. The van der Waals surface area contributed by atoms with E-state index < -0.39 is 15.9 Å². The van der Waals surface area contributed by atoms with Gasteiger partial charge in [0.15, 0.2) is 9.84 Å². The highest BCUT2D eigenvalue weighted by Crippen LogP contribution is 2.23. The van der Waals surface area contributed by atoms with Crippen LogP contribution in [0.4, 0.5) is 5.69 Å². The minimum Gasteiger partial charge on any atom is -0.387 e. The number of anilines is 1. The monoisotopic (exact) mass is 270 g/mol. The molecular formula is C12H18N2O3S. The Bertz CT molecular complexity index is 511. The van der Waals surface area contributed by atoms with Gasteiger partial charge in [0.2, 0.25) is 0 Å². The van der Waals surface area contributed by atoms with E-state index in [-0.39, 0.29) is 17.5 Å². The van der Waals surface area contributed by atoms with E-state index >= 15 is 0 Å². The lowest BCUT2D eigenvalue weighted by molar-refractivity contribution is 0.194. The predicted molar refractivity (Wildman–Crippen MR) is 70.3 cm³/mol. The minimum atomic E-state index is -2.87. The van der Waals surface area contributed by atoms with Crippen molar-refractivity contribution < 1.29 is 13.5 Å². The molecule has 2 atom stereocenters. The van der Waals surface area contributed by atoms with Gasteiger partial charge in [-0.2, -0.15) is 0 Å². The van der Waals surface area contributed by atoms with Gasteiger partial charge in [0.25, 0.3) is 0 Å². The molecule has 18 heavy (non-hydrogen) atoms. The number of nitrogens with zero attached hydrogens (tertiary/aromatic N) is 2. The third kappa shape index (κ3) is 2.81. The van der Waals surface area contributed by atoms with Crippen LogP contribution in [0.5, 0.6) is 0 Å². The van der Waals surface area contributed by atoms with Gasteiger partial charge in [-0.3, -0.25) is 4.98 Å². The summed E-state index contributed by atoms with van der Waals surface area (Å²) in [4.78, 5) is 6.11. The molecule has 5 nitrogen and oxygen atoms in total. The summed E-state index contributed by atoms with van der Waals surface area (Å²) in [5.74, 6) is 0.475. The minimum absolute atomic E-state index is 0.0224. The molecule has 1 saturated heterocycles. The highest BCUT2D eigenvalue weighted by molar-refractivity contribution is 7.91. The van der Waals surface area contributed by atoms with E-state index in [0.29, 0.717) is 12.1 Å². The highest BCUT2D eigenvalue weighted by Gasteiger charge is 2.30. The van der Waals surface area contributed by atoms with Crippen LogP contribution in [0, 0.1) is 0 Å². The standard InChI is InChI=1S/C12H18N2O3S/c1-9(15)12-4-3-10(7-13-12)14(2)11-5-6-18(16,17)8-11/h3-4,7,9,11,15H,5-6,8H2,1-2H3/t9-,11?/m1/s1. The molecule has 0 saturated carbocycles. The van der Waals surface area contributed by atoms with Crippen LogP contribution in [0.1, 0.15) is 25.1 Å². The van der Waals surface area contributed by atoms with Crippen molar-refractivity contribution in [1.29, 1.82) is 0 Å². The summed E-state index contributed by atoms with van der Waals surface area (Å²) < 4.78 is 22.9. The Morgan fingerprint density at radius 3 is 2.67 bits per heavy atom. The second-order valence-electron chi connectivity index (χ2n) is 4.79. The van der Waals surface area contributed by atoms with Crippen LogP contribution in [0.2, 0.25) is 0 Å². The SMILES string of the molecule is C[C@@H](O)c1ccc(N(C)C2CCS(=O)(=O)C2)cn1. The largest absolute Gasteiger partial charge is 0.387 e. The second-order valence-corrected chi connectivity index (χ2v) is 7.01. The molecule has 0 aliphatic carbocycles. The number of sulfone groups is 1. The number of aliphatic hydroxyl groups is 1. The molecule has 0 bridgehead atoms. The number of aliphatic hydroxyl groups excluding tert-OH is 1. The molecule has 2 rings (SSSR count). The molecule has 1 unspecified atom stereocenters. The van der Waals surface area contributed by atoms with Gasteiger partial charge in [-0.25, -0.2) is 8.42 Å². The van der Waals surface area contributed by atoms with Crippen LogP contribution < -0.4 is 4.90 Å². The molecule has 1 N–H and O–H groups in total. The van der Waals surface area contributed by atoms with Crippen LogP contribution in [0.15, 0.2) is 18.3 Å². The average Bonchev–Trinajstić information content (AvgIpc) is 2.69. The quantitative estimate of drug-likeness (QED) is 0.878. The number of aromatic nitrogens is 1. The molecule has 0 radical (unpaired) electrons. The van der Waals surface area contributed by atoms with Gasteiger partial charge in [-0.15, -0.1) is 0 Å². The van der Waals surface area contributed by atoms with Gasteiger partial charge in [0.1, 0.15) is 0 Å². The maximum Gasteiger partial charge on any atom is 0.152 e. The third-order valence-corrected chi connectivity index (χ3v) is 5.11. The molecule has 0 aromatic carbocycles. The third-order valence-electron chi connectivity index (χ3n) is 3.36. The smallest absolute Gasteiger partial charge is 0.152 e. The zero-order valence-corrected chi connectivity index (χ0v) is 11.4. The van der Waals surface area contributed by atoms with Crippen molar-refractivity contribution >= 4 is 15.5 Å². The Balaban J connectivity index is 2.12. The fourth-order valence-corrected chi connectivity index (χ4v) is 3.92. The van der Waals surface area contributed by atoms with Crippen molar-refractivity contribution in [3.63, 3.8) is 0 Å². The van der Waals surface area contributed by atoms with Gasteiger partial charge in [0.05, 0.1) is 35.2 Å². The first-order valence-corrected chi connectivity index (χ1v) is 7.78. The van der Waals surface area contributed by atoms with Gasteiger partial charge in [-0.1, -0.05) is 0 Å². The van der Waals surface area contributed by atoms with E-state index in [1.807, 2.05) is 18.0 Å². The first-order chi connectivity index (χ1) is 8.39. The Morgan fingerprint density at radius 2 is 2.22 bits per heavy atom. The van der Waals surface area contributed by atoms with Crippen LogP contribution in [-0.4, -0.2) is 43.1 Å². The lowest BCUT2D eigenvalue weighted by atomic mass is 10.2. The Labute approximate surface area is 107 Å². The molecule has 1 aliphatic heterocycles. The van der Waals surface area contributed by atoms with E-state index in [0.717, 1.165) is 5.69 Å². The maximum atomic E-state index is 11.4. The number of pyridine rings is 1. The van der Waals surface area contributed by atoms with Crippen molar-refractivity contribution in [2.45, 2.75) is 25.5 Å². The zero-order chi connectivity index (χ0) is 13.3. The summed E-state index contributed by atoms with van der Waals surface area (Å²) in [5, 5.41) is 9.38. The Kier molecular flexibility index (Phi) is 3.59. The van der Waals surface area contributed by atoms with Crippen LogP contribution in [0.3, 0.4) is 0 Å². The molecular weight excluding hydrogens is 252 g/mol. The lowest BCUT2D eigenvalue weighted by Crippen LogP contribution is -2.32. The van der Waals surface area contributed by atoms with Crippen molar-refractivity contribution in [2.24, 2.45) is 0 Å². The van der Waals surface area contributed by atoms with E-state index in [1.165, 1.54) is 0 Å². The molecule has 1 aliphatic rings. The van der Waals surface area contributed by atoms with Crippen LogP contribution in [0.25, 0.3) is 0 Å². The molecule has 100 valence electrons. The summed E-state index contributed by atoms with van der Waals surface area (Å²) in [5.41, 5.74) is 1.49. The first-order valence-electron chi connectivity index (χ1n) is 5.96. The number of rotatable bonds is 3. The van der Waals surface area contributed by atoms with Gasteiger partial charge < -0.3 is 10.0 Å². The normalized spacial score (nSPS) is 23.8. The fourth-order valence-electron chi connectivity index (χ4n) is 2.14. The number of hydrogen-bond acceptors (Lipinski definition) is 5. The van der Waals surface area contributed by atoms with Gasteiger partial charge in [0, 0.05) is 13.1 Å². The van der Waals surface area contributed by atoms with E-state index in [1.54, 1.807) is 19.2 Å². The van der Waals surface area contributed by atoms with Gasteiger partial charge >= 0.3 is 0 Å². The molecule has 1 fully saturated rings. The Hall–Kier alpha value is -1.14. The predicted octanol–water partition coefficient (Wildman–Crippen LogP) is 0.758. The summed E-state index contributed by atoms with van der Waals surface area (Å²) in [6, 6.07) is 3.65. The van der Waals surface area contributed by atoms with Crippen molar-refractivity contribution in [3.05, 3.63) is 24.0 Å². The number of hydrogen-bond donors (Lipinski definition) is 1. The fraction of sp³-hybridized carbons (Fsp3) is 0.583. The summed E-state index contributed by atoms with van der Waals surface area (Å²) >= 11 is 0. The lowest BCUT2D eigenvalue weighted by Gasteiger charge is -2.25.